The molecule has 0 saturated carbocycles. The molecule has 0 amide bonds. The summed E-state index contributed by atoms with van der Waals surface area (Å²) < 4.78 is 0. The van der Waals surface area contributed by atoms with Crippen molar-refractivity contribution in [3.63, 3.8) is 0 Å². The molecular weight excluding hydrogens is 236 g/mol. The minimum Gasteiger partial charge on any atom is -0.369 e. The largest absolute Gasteiger partial charge is 0.369 e. The molecule has 3 rings (SSSR count). The lowest BCUT2D eigenvalue weighted by Gasteiger charge is -2.24. The van der Waals surface area contributed by atoms with Gasteiger partial charge in [-0.2, -0.15) is 0 Å². The van der Waals surface area contributed by atoms with Gasteiger partial charge in [-0.25, -0.2) is 4.98 Å². The highest BCUT2D eigenvalue weighted by Crippen LogP contribution is 2.30. The third kappa shape index (κ3) is 2.84. The second-order valence-corrected chi connectivity index (χ2v) is 6.79. The van der Waals surface area contributed by atoms with Gasteiger partial charge in [0.25, 0.3) is 0 Å². The van der Waals surface area contributed by atoms with Crippen LogP contribution in [0.2, 0.25) is 0 Å². The second-order valence-electron chi connectivity index (χ2n) is 6.79. The average molecular weight is 260 g/mol. The van der Waals surface area contributed by atoms with E-state index in [1.54, 1.807) is 0 Å². The van der Waals surface area contributed by atoms with Crippen LogP contribution in [0.5, 0.6) is 0 Å². The molecule has 0 aromatic carbocycles. The van der Waals surface area contributed by atoms with Crippen molar-refractivity contribution in [3.8, 4) is 0 Å². The van der Waals surface area contributed by atoms with Crippen LogP contribution in [0.3, 0.4) is 0 Å². The zero-order chi connectivity index (χ0) is 13.5. The van der Waals surface area contributed by atoms with Crippen molar-refractivity contribution in [1.29, 1.82) is 0 Å². The van der Waals surface area contributed by atoms with Crippen LogP contribution in [0.4, 0.5) is 11.5 Å². The van der Waals surface area contributed by atoms with Crippen LogP contribution >= 0.6 is 0 Å². The fourth-order valence-electron chi connectivity index (χ4n) is 3.13. The highest BCUT2D eigenvalue weighted by atomic mass is 15.2. The Hall–Kier alpha value is -1.29. The van der Waals surface area contributed by atoms with E-state index in [4.69, 9.17) is 0 Å². The Morgan fingerprint density at radius 3 is 2.95 bits per heavy atom. The van der Waals surface area contributed by atoms with Gasteiger partial charge in [0.05, 0.1) is 0 Å². The standard InChI is InChI=1S/C15H24N4/c1-15(2,3)18-14-8-12(5-7-17-14)19-9-11-4-6-16-13(11)10-19/h5,7-8,11,13,16H,4,6,9-10H2,1-3H3,(H,17,18)/t11-,13+/m1/s1. The molecule has 4 heteroatoms. The lowest BCUT2D eigenvalue weighted by molar-refractivity contribution is 0.556. The summed E-state index contributed by atoms with van der Waals surface area (Å²) in [5.41, 5.74) is 1.34. The van der Waals surface area contributed by atoms with E-state index in [0.29, 0.717) is 6.04 Å². The average Bonchev–Trinajstić information content (AvgIpc) is 2.86. The lowest BCUT2D eigenvalue weighted by Crippen LogP contribution is -2.30. The lowest BCUT2D eigenvalue weighted by atomic mass is 10.1. The maximum atomic E-state index is 4.41. The van der Waals surface area contributed by atoms with Gasteiger partial charge in [-0.1, -0.05) is 0 Å². The summed E-state index contributed by atoms with van der Waals surface area (Å²) in [6, 6.07) is 4.98. The molecule has 2 N–H and O–H groups in total. The third-order valence-corrected chi connectivity index (χ3v) is 3.97. The fourth-order valence-corrected chi connectivity index (χ4v) is 3.13. The summed E-state index contributed by atoms with van der Waals surface area (Å²) in [6.45, 7) is 9.97. The summed E-state index contributed by atoms with van der Waals surface area (Å²) in [5.74, 6) is 1.79. The normalized spacial score (nSPS) is 26.6. The number of nitrogens with zero attached hydrogens (tertiary/aromatic N) is 2. The Balaban J connectivity index is 1.73. The van der Waals surface area contributed by atoms with Crippen LogP contribution in [0.25, 0.3) is 0 Å². The van der Waals surface area contributed by atoms with Crippen molar-refractivity contribution in [1.82, 2.24) is 10.3 Å². The predicted octanol–water partition coefficient (Wildman–Crippen LogP) is 2.09. The van der Waals surface area contributed by atoms with E-state index in [9.17, 15) is 0 Å². The SMILES string of the molecule is CC(C)(C)Nc1cc(N2C[C@H]3CCN[C@H]3C2)ccn1. The van der Waals surface area contributed by atoms with Gasteiger partial charge in [0.1, 0.15) is 5.82 Å². The maximum Gasteiger partial charge on any atom is 0.128 e. The van der Waals surface area contributed by atoms with Gasteiger partial charge in [0.15, 0.2) is 0 Å². The minimum atomic E-state index is 0.0503. The van der Waals surface area contributed by atoms with Gasteiger partial charge in [-0.15, -0.1) is 0 Å². The first kappa shape index (κ1) is 12.7. The first-order valence-corrected chi connectivity index (χ1v) is 7.24. The Morgan fingerprint density at radius 1 is 1.37 bits per heavy atom. The van der Waals surface area contributed by atoms with E-state index < -0.39 is 0 Å². The highest BCUT2D eigenvalue weighted by molar-refractivity contribution is 5.55. The van der Waals surface area contributed by atoms with Crippen LogP contribution in [-0.2, 0) is 0 Å². The first-order valence-electron chi connectivity index (χ1n) is 7.24. The number of hydrogen-bond acceptors (Lipinski definition) is 4. The molecule has 0 bridgehead atoms. The van der Waals surface area contributed by atoms with Crippen molar-refractivity contribution >= 4 is 11.5 Å². The Morgan fingerprint density at radius 2 is 2.21 bits per heavy atom. The molecular formula is C15H24N4. The van der Waals surface area contributed by atoms with Crippen LogP contribution in [0.15, 0.2) is 18.3 Å². The van der Waals surface area contributed by atoms with Crippen LogP contribution in [0.1, 0.15) is 27.2 Å². The number of aromatic nitrogens is 1. The number of rotatable bonds is 2. The van der Waals surface area contributed by atoms with Crippen LogP contribution in [0, 0.1) is 5.92 Å². The molecule has 2 atom stereocenters. The third-order valence-electron chi connectivity index (χ3n) is 3.97. The van der Waals surface area contributed by atoms with E-state index in [1.807, 2.05) is 6.20 Å². The first-order chi connectivity index (χ1) is 9.01. The molecule has 19 heavy (non-hydrogen) atoms. The number of fused-ring (bicyclic) bond motifs is 1. The zero-order valence-electron chi connectivity index (χ0n) is 12.1. The molecule has 0 unspecified atom stereocenters. The molecule has 104 valence electrons. The quantitative estimate of drug-likeness (QED) is 0.854. The van der Waals surface area contributed by atoms with E-state index in [-0.39, 0.29) is 5.54 Å². The molecule has 2 fully saturated rings. The number of anilines is 2. The summed E-state index contributed by atoms with van der Waals surface area (Å²) in [7, 11) is 0. The Labute approximate surface area is 115 Å². The minimum absolute atomic E-state index is 0.0503. The molecule has 3 heterocycles. The zero-order valence-corrected chi connectivity index (χ0v) is 12.1. The van der Waals surface area contributed by atoms with E-state index in [0.717, 1.165) is 18.3 Å². The Kier molecular flexibility index (Phi) is 3.13. The summed E-state index contributed by atoms with van der Waals surface area (Å²) >= 11 is 0. The molecule has 0 spiro atoms. The van der Waals surface area contributed by atoms with Crippen molar-refractivity contribution < 1.29 is 0 Å². The second kappa shape index (κ2) is 4.67. The van der Waals surface area contributed by atoms with Crippen molar-refractivity contribution in [3.05, 3.63) is 18.3 Å². The summed E-state index contributed by atoms with van der Waals surface area (Å²) in [5, 5.41) is 7.04. The summed E-state index contributed by atoms with van der Waals surface area (Å²) in [4.78, 5) is 6.90. The van der Waals surface area contributed by atoms with E-state index in [2.05, 4.69) is 53.4 Å². The number of hydrogen-bond donors (Lipinski definition) is 2. The van der Waals surface area contributed by atoms with Crippen molar-refractivity contribution in [2.45, 2.75) is 38.8 Å². The molecule has 2 saturated heterocycles. The fraction of sp³-hybridized carbons (Fsp3) is 0.667. The smallest absolute Gasteiger partial charge is 0.128 e. The predicted molar refractivity (Wildman–Crippen MR) is 79.7 cm³/mol. The molecule has 2 aliphatic heterocycles. The van der Waals surface area contributed by atoms with Gasteiger partial charge in [0, 0.05) is 42.6 Å². The van der Waals surface area contributed by atoms with Gasteiger partial charge in [-0.05, 0) is 45.7 Å². The van der Waals surface area contributed by atoms with Gasteiger partial charge in [0.2, 0.25) is 0 Å². The van der Waals surface area contributed by atoms with Crippen molar-refractivity contribution in [2.75, 3.05) is 29.9 Å². The van der Waals surface area contributed by atoms with Crippen molar-refractivity contribution in [2.24, 2.45) is 5.92 Å². The van der Waals surface area contributed by atoms with Gasteiger partial charge < -0.3 is 15.5 Å². The maximum absolute atomic E-state index is 4.41. The molecule has 4 nitrogen and oxygen atoms in total. The Bertz CT molecular complexity index is 440. The molecule has 0 radical (unpaired) electrons. The van der Waals surface area contributed by atoms with E-state index in [1.165, 1.54) is 25.2 Å². The highest BCUT2D eigenvalue weighted by Gasteiger charge is 2.35. The molecule has 0 aliphatic carbocycles. The monoisotopic (exact) mass is 260 g/mol. The number of pyridine rings is 1. The number of nitrogens with one attached hydrogen (secondary N) is 2. The van der Waals surface area contributed by atoms with E-state index >= 15 is 0 Å². The van der Waals surface area contributed by atoms with Crippen LogP contribution < -0.4 is 15.5 Å². The molecule has 2 aliphatic rings. The van der Waals surface area contributed by atoms with Gasteiger partial charge >= 0.3 is 0 Å². The molecule has 1 aromatic rings. The topological polar surface area (TPSA) is 40.2 Å². The summed E-state index contributed by atoms with van der Waals surface area (Å²) in [6.07, 6.45) is 3.23. The molecule has 1 aromatic heterocycles. The van der Waals surface area contributed by atoms with Gasteiger partial charge in [-0.3, -0.25) is 0 Å². The van der Waals surface area contributed by atoms with Crippen LogP contribution in [-0.4, -0.2) is 36.2 Å².